The van der Waals surface area contributed by atoms with E-state index in [9.17, 15) is 22.0 Å². The second-order valence-corrected chi connectivity index (χ2v) is 8.73. The van der Waals surface area contributed by atoms with Crippen LogP contribution in [0.4, 0.5) is 8.78 Å². The second kappa shape index (κ2) is 7.15. The van der Waals surface area contributed by atoms with Crippen LogP contribution in [0, 0.1) is 18.6 Å². The van der Waals surface area contributed by atoms with Crippen LogP contribution in [0.2, 0.25) is 0 Å². The number of aryl methyl sites for hydroxylation is 2. The molecule has 1 aliphatic rings. The van der Waals surface area contributed by atoms with E-state index in [1.165, 1.54) is 23.1 Å². The van der Waals surface area contributed by atoms with Crippen LogP contribution in [-0.2, 0) is 21.1 Å². The summed E-state index contributed by atoms with van der Waals surface area (Å²) >= 11 is 0. The summed E-state index contributed by atoms with van der Waals surface area (Å²) in [5.74, 6) is -0.956. The molecule has 0 spiro atoms. The van der Waals surface area contributed by atoms with E-state index in [-0.39, 0.29) is 36.1 Å². The van der Waals surface area contributed by atoms with Crippen LogP contribution in [0.3, 0.4) is 0 Å². The number of likely N-dealkylation sites (tertiary alicyclic amines) is 1. The van der Waals surface area contributed by atoms with E-state index < -0.39 is 20.9 Å². The van der Waals surface area contributed by atoms with Gasteiger partial charge in [-0.15, -0.1) is 0 Å². The Hall–Kier alpha value is -2.28. The average molecular weight is 379 g/mol. The summed E-state index contributed by atoms with van der Waals surface area (Å²) in [5.41, 5.74) is 1.29. The summed E-state index contributed by atoms with van der Waals surface area (Å²) in [5, 5.41) is -0.672. The molecule has 0 N–H and O–H groups in total. The first kappa shape index (κ1) is 18.5. The van der Waals surface area contributed by atoms with Gasteiger partial charge in [0, 0.05) is 19.5 Å². The Morgan fingerprint density at radius 3 is 2.38 bits per heavy atom. The van der Waals surface area contributed by atoms with E-state index in [4.69, 9.17) is 0 Å². The normalized spacial score (nSPS) is 15.0. The third-order valence-corrected chi connectivity index (χ3v) is 6.75. The zero-order valence-corrected chi connectivity index (χ0v) is 15.1. The number of hydrogen-bond acceptors (Lipinski definition) is 3. The first-order valence-corrected chi connectivity index (χ1v) is 9.84. The summed E-state index contributed by atoms with van der Waals surface area (Å²) in [6.45, 7) is 1.92. The van der Waals surface area contributed by atoms with Gasteiger partial charge in [0.25, 0.3) is 0 Å². The maximum absolute atomic E-state index is 13.5. The summed E-state index contributed by atoms with van der Waals surface area (Å²) in [6, 6.07) is 9.56. The molecule has 0 aromatic heterocycles. The lowest BCUT2D eigenvalue weighted by molar-refractivity contribution is -0.134. The number of nitrogens with zero attached hydrogens (tertiary/aromatic N) is 1. The molecular formula is C19H19F2NO3S. The lowest BCUT2D eigenvalue weighted by atomic mass is 10.1. The Morgan fingerprint density at radius 2 is 1.77 bits per heavy atom. The molecule has 0 aliphatic carbocycles. The molecule has 1 amide bonds. The van der Waals surface area contributed by atoms with Gasteiger partial charge < -0.3 is 4.90 Å². The van der Waals surface area contributed by atoms with E-state index >= 15 is 0 Å². The Balaban J connectivity index is 1.54. The van der Waals surface area contributed by atoms with Crippen molar-refractivity contribution in [3.05, 3.63) is 65.2 Å². The first-order valence-electron chi connectivity index (χ1n) is 8.29. The van der Waals surface area contributed by atoms with Gasteiger partial charge in [-0.05, 0) is 54.8 Å². The van der Waals surface area contributed by atoms with E-state index in [1.54, 1.807) is 19.1 Å². The Kier molecular flexibility index (Phi) is 5.09. The van der Waals surface area contributed by atoms with Crippen LogP contribution in [0.1, 0.15) is 17.5 Å². The molecule has 1 aliphatic heterocycles. The van der Waals surface area contributed by atoms with Crippen molar-refractivity contribution in [1.29, 1.82) is 0 Å². The van der Waals surface area contributed by atoms with Gasteiger partial charge in [-0.3, -0.25) is 4.79 Å². The van der Waals surface area contributed by atoms with Crippen molar-refractivity contribution in [1.82, 2.24) is 4.90 Å². The predicted octanol–water partition coefficient (Wildman–Crippen LogP) is 2.89. The minimum absolute atomic E-state index is 0.0612. The molecule has 0 unspecified atom stereocenters. The van der Waals surface area contributed by atoms with Crippen LogP contribution in [0.15, 0.2) is 47.4 Å². The molecule has 0 saturated carbocycles. The SMILES string of the molecule is Cc1ccc(CCC(=O)N2CC(S(=O)(=O)c3ccc(F)cc3)C2)cc1F. The monoisotopic (exact) mass is 379 g/mol. The molecule has 0 atom stereocenters. The van der Waals surface area contributed by atoms with Crippen molar-refractivity contribution in [2.24, 2.45) is 0 Å². The van der Waals surface area contributed by atoms with Crippen molar-refractivity contribution in [3.63, 3.8) is 0 Å². The van der Waals surface area contributed by atoms with E-state index in [0.29, 0.717) is 12.0 Å². The number of sulfone groups is 1. The minimum atomic E-state index is -3.57. The van der Waals surface area contributed by atoms with E-state index in [0.717, 1.165) is 17.7 Å². The van der Waals surface area contributed by atoms with Crippen molar-refractivity contribution < 1.29 is 22.0 Å². The minimum Gasteiger partial charge on any atom is -0.340 e. The molecule has 1 heterocycles. The molecule has 0 radical (unpaired) electrons. The number of amides is 1. The second-order valence-electron chi connectivity index (χ2n) is 6.50. The molecule has 1 saturated heterocycles. The van der Waals surface area contributed by atoms with Gasteiger partial charge in [0.1, 0.15) is 16.9 Å². The molecule has 0 bridgehead atoms. The summed E-state index contributed by atoms with van der Waals surface area (Å²) in [6.07, 6.45) is 0.605. The zero-order valence-electron chi connectivity index (χ0n) is 14.3. The number of carbonyl (C=O) groups is 1. The first-order chi connectivity index (χ1) is 12.3. The number of hydrogen-bond donors (Lipinski definition) is 0. The smallest absolute Gasteiger partial charge is 0.222 e. The zero-order chi connectivity index (χ0) is 18.9. The molecule has 2 aromatic carbocycles. The predicted molar refractivity (Wildman–Crippen MR) is 93.4 cm³/mol. The molecule has 2 aromatic rings. The maximum Gasteiger partial charge on any atom is 0.222 e. The quantitative estimate of drug-likeness (QED) is 0.751. The number of halogens is 2. The number of carbonyl (C=O) groups excluding carboxylic acids is 1. The summed E-state index contributed by atoms with van der Waals surface area (Å²) in [7, 11) is -3.57. The Bertz CT molecular complexity index is 920. The third kappa shape index (κ3) is 3.77. The highest BCUT2D eigenvalue weighted by Crippen LogP contribution is 2.25. The fourth-order valence-electron chi connectivity index (χ4n) is 2.86. The average Bonchev–Trinajstić information content (AvgIpc) is 2.54. The van der Waals surface area contributed by atoms with Crippen LogP contribution >= 0.6 is 0 Å². The van der Waals surface area contributed by atoms with Crippen molar-refractivity contribution >= 4 is 15.7 Å². The largest absolute Gasteiger partial charge is 0.340 e. The van der Waals surface area contributed by atoms with Gasteiger partial charge in [0.2, 0.25) is 5.91 Å². The summed E-state index contributed by atoms with van der Waals surface area (Å²) in [4.78, 5) is 13.7. The van der Waals surface area contributed by atoms with Crippen molar-refractivity contribution in [3.8, 4) is 0 Å². The number of benzene rings is 2. The van der Waals surface area contributed by atoms with Crippen LogP contribution in [-0.4, -0.2) is 37.6 Å². The van der Waals surface area contributed by atoms with Gasteiger partial charge >= 0.3 is 0 Å². The van der Waals surface area contributed by atoms with Crippen LogP contribution in [0.25, 0.3) is 0 Å². The standard InChI is InChI=1S/C19H19F2NO3S/c1-13-2-3-14(10-18(13)21)4-9-19(23)22-11-17(12-22)26(24,25)16-7-5-15(20)6-8-16/h2-3,5-8,10,17H,4,9,11-12H2,1H3. The van der Waals surface area contributed by atoms with E-state index in [1.807, 2.05) is 0 Å². The Morgan fingerprint density at radius 1 is 1.12 bits per heavy atom. The third-order valence-electron chi connectivity index (χ3n) is 4.65. The highest BCUT2D eigenvalue weighted by atomic mass is 32.2. The molecule has 7 heteroatoms. The lowest BCUT2D eigenvalue weighted by Crippen LogP contribution is -2.56. The van der Waals surface area contributed by atoms with Crippen LogP contribution in [0.5, 0.6) is 0 Å². The highest BCUT2D eigenvalue weighted by molar-refractivity contribution is 7.92. The van der Waals surface area contributed by atoms with E-state index in [2.05, 4.69) is 0 Å². The van der Waals surface area contributed by atoms with Crippen LogP contribution < -0.4 is 0 Å². The Labute approximate surface area is 151 Å². The van der Waals surface area contributed by atoms with Crippen molar-refractivity contribution in [2.45, 2.75) is 29.9 Å². The summed E-state index contributed by atoms with van der Waals surface area (Å²) < 4.78 is 51.3. The van der Waals surface area contributed by atoms with Gasteiger partial charge in [0.15, 0.2) is 9.84 Å². The molecule has 3 rings (SSSR count). The molecule has 138 valence electrons. The maximum atomic E-state index is 13.5. The topological polar surface area (TPSA) is 54.5 Å². The highest BCUT2D eigenvalue weighted by Gasteiger charge is 2.40. The fraction of sp³-hybridized carbons (Fsp3) is 0.316. The molecule has 26 heavy (non-hydrogen) atoms. The van der Waals surface area contributed by atoms with Gasteiger partial charge in [-0.2, -0.15) is 0 Å². The lowest BCUT2D eigenvalue weighted by Gasteiger charge is -2.38. The van der Waals surface area contributed by atoms with Crippen molar-refractivity contribution in [2.75, 3.05) is 13.1 Å². The molecular weight excluding hydrogens is 360 g/mol. The molecule has 4 nitrogen and oxygen atoms in total. The van der Waals surface area contributed by atoms with Gasteiger partial charge in [0.05, 0.1) is 4.90 Å². The fourth-order valence-corrected chi connectivity index (χ4v) is 4.51. The van der Waals surface area contributed by atoms with Gasteiger partial charge in [-0.25, -0.2) is 17.2 Å². The number of rotatable bonds is 5. The molecule has 1 fully saturated rings. The van der Waals surface area contributed by atoms with Gasteiger partial charge in [-0.1, -0.05) is 12.1 Å².